The number of piperazine rings is 1. The van der Waals surface area contributed by atoms with Crippen molar-refractivity contribution in [2.24, 2.45) is 0 Å². The summed E-state index contributed by atoms with van der Waals surface area (Å²) in [6.45, 7) is 7.74. The Bertz CT molecular complexity index is 670. The van der Waals surface area contributed by atoms with Crippen LogP contribution in [0.4, 0.5) is 10.2 Å². The van der Waals surface area contributed by atoms with Gasteiger partial charge in [-0.25, -0.2) is 9.37 Å². The van der Waals surface area contributed by atoms with Gasteiger partial charge >= 0.3 is 0 Å². The molecule has 2 aromatic rings. The Balaban J connectivity index is 1.57. The van der Waals surface area contributed by atoms with E-state index in [1.165, 1.54) is 6.07 Å². The van der Waals surface area contributed by atoms with Crippen LogP contribution in [0.3, 0.4) is 0 Å². The second-order valence-electron chi connectivity index (χ2n) is 5.92. The second kappa shape index (κ2) is 6.92. The van der Waals surface area contributed by atoms with Crippen LogP contribution >= 0.6 is 15.9 Å². The van der Waals surface area contributed by atoms with Crippen molar-refractivity contribution in [3.8, 4) is 0 Å². The highest BCUT2D eigenvalue weighted by molar-refractivity contribution is 9.10. The third-order valence-electron chi connectivity index (χ3n) is 3.82. The number of anilines is 1. The van der Waals surface area contributed by atoms with Gasteiger partial charge in [0.15, 0.2) is 17.5 Å². The van der Waals surface area contributed by atoms with E-state index >= 15 is 0 Å². The Hall–Kier alpha value is -1.54. The van der Waals surface area contributed by atoms with Gasteiger partial charge in [0.25, 0.3) is 0 Å². The first kappa shape index (κ1) is 16.3. The van der Waals surface area contributed by atoms with Crippen LogP contribution < -0.4 is 4.90 Å². The summed E-state index contributed by atoms with van der Waals surface area (Å²) in [5.74, 6) is 1.74. The lowest BCUT2D eigenvalue weighted by Gasteiger charge is -2.34. The third-order valence-corrected chi connectivity index (χ3v) is 4.25. The zero-order chi connectivity index (χ0) is 16.4. The van der Waals surface area contributed by atoms with Crippen LogP contribution in [0, 0.1) is 5.82 Å². The van der Waals surface area contributed by atoms with Crippen molar-refractivity contribution < 1.29 is 8.91 Å². The molecule has 1 fully saturated rings. The minimum absolute atomic E-state index is 0.260. The first-order valence-electron chi connectivity index (χ1n) is 7.63. The lowest BCUT2D eigenvalue weighted by atomic mass is 10.2. The van der Waals surface area contributed by atoms with Crippen molar-refractivity contribution in [2.45, 2.75) is 26.3 Å². The summed E-state index contributed by atoms with van der Waals surface area (Å²) in [6.07, 6.45) is 1.62. The molecular formula is C15H19BrFN5O. The van der Waals surface area contributed by atoms with Crippen LogP contribution in [0.2, 0.25) is 0 Å². The minimum atomic E-state index is -0.300. The maximum atomic E-state index is 14.0. The van der Waals surface area contributed by atoms with Crippen molar-refractivity contribution >= 4 is 21.7 Å². The molecule has 23 heavy (non-hydrogen) atoms. The van der Waals surface area contributed by atoms with Gasteiger partial charge in [0, 0.05) is 42.8 Å². The molecule has 3 rings (SSSR count). The van der Waals surface area contributed by atoms with Crippen LogP contribution in [-0.2, 0) is 6.54 Å². The maximum Gasteiger partial charge on any atom is 0.240 e. The summed E-state index contributed by atoms with van der Waals surface area (Å²) >= 11 is 3.23. The van der Waals surface area contributed by atoms with Crippen LogP contribution in [0.25, 0.3) is 0 Å². The molecular weight excluding hydrogens is 365 g/mol. The third kappa shape index (κ3) is 3.87. The molecule has 8 heteroatoms. The summed E-state index contributed by atoms with van der Waals surface area (Å²) in [7, 11) is 0. The lowest BCUT2D eigenvalue weighted by molar-refractivity contribution is 0.214. The highest BCUT2D eigenvalue weighted by Crippen LogP contribution is 2.21. The quantitative estimate of drug-likeness (QED) is 0.808. The van der Waals surface area contributed by atoms with E-state index in [0.29, 0.717) is 22.7 Å². The molecule has 0 atom stereocenters. The fraction of sp³-hybridized carbons (Fsp3) is 0.533. The zero-order valence-corrected chi connectivity index (χ0v) is 14.8. The van der Waals surface area contributed by atoms with E-state index in [2.05, 4.69) is 36.0 Å². The monoisotopic (exact) mass is 383 g/mol. The van der Waals surface area contributed by atoms with E-state index in [9.17, 15) is 4.39 Å². The Kier molecular flexibility index (Phi) is 4.91. The highest BCUT2D eigenvalue weighted by atomic mass is 79.9. The number of rotatable bonds is 4. The molecule has 0 N–H and O–H groups in total. The summed E-state index contributed by atoms with van der Waals surface area (Å²) in [4.78, 5) is 12.8. The van der Waals surface area contributed by atoms with Gasteiger partial charge in [-0.15, -0.1) is 0 Å². The van der Waals surface area contributed by atoms with E-state index in [-0.39, 0.29) is 11.7 Å². The first-order chi connectivity index (χ1) is 11.0. The van der Waals surface area contributed by atoms with Crippen LogP contribution in [-0.4, -0.2) is 46.2 Å². The fourth-order valence-corrected chi connectivity index (χ4v) is 2.82. The van der Waals surface area contributed by atoms with E-state index in [1.807, 2.05) is 18.7 Å². The van der Waals surface area contributed by atoms with Crippen molar-refractivity contribution in [3.05, 3.63) is 34.3 Å². The molecule has 124 valence electrons. The van der Waals surface area contributed by atoms with E-state index in [0.717, 1.165) is 32.0 Å². The molecule has 0 saturated carbocycles. The van der Waals surface area contributed by atoms with E-state index in [4.69, 9.17) is 4.52 Å². The average Bonchev–Trinajstić information content (AvgIpc) is 2.97. The molecule has 6 nitrogen and oxygen atoms in total. The summed E-state index contributed by atoms with van der Waals surface area (Å²) in [5.41, 5.74) is 0. The van der Waals surface area contributed by atoms with Gasteiger partial charge < -0.3 is 9.42 Å². The number of hydrogen-bond acceptors (Lipinski definition) is 6. The summed E-state index contributed by atoms with van der Waals surface area (Å²) in [5, 5.41) is 3.98. The fourth-order valence-electron chi connectivity index (χ4n) is 2.52. The van der Waals surface area contributed by atoms with Crippen molar-refractivity contribution in [1.82, 2.24) is 20.0 Å². The first-order valence-corrected chi connectivity index (χ1v) is 8.43. The van der Waals surface area contributed by atoms with Gasteiger partial charge in [-0.1, -0.05) is 19.0 Å². The molecule has 0 aliphatic carbocycles. The van der Waals surface area contributed by atoms with Gasteiger partial charge in [0.1, 0.15) is 0 Å². The lowest BCUT2D eigenvalue weighted by Crippen LogP contribution is -2.46. The Morgan fingerprint density at radius 3 is 2.65 bits per heavy atom. The average molecular weight is 384 g/mol. The van der Waals surface area contributed by atoms with Crippen molar-refractivity contribution in [1.29, 1.82) is 0 Å². The van der Waals surface area contributed by atoms with Crippen LogP contribution in [0.1, 0.15) is 31.5 Å². The molecule has 0 aromatic carbocycles. The molecule has 0 amide bonds. The Labute approximate surface area is 142 Å². The SMILES string of the molecule is CC(C)c1noc(CN2CCN(c3ncc(Br)cc3F)CC2)n1. The topological polar surface area (TPSA) is 58.3 Å². The Morgan fingerprint density at radius 2 is 2.04 bits per heavy atom. The molecule has 1 aliphatic rings. The number of halogens is 2. The van der Waals surface area contributed by atoms with Gasteiger partial charge in [0.2, 0.25) is 5.89 Å². The number of nitrogens with zero attached hydrogens (tertiary/aromatic N) is 5. The van der Waals surface area contributed by atoms with Gasteiger partial charge in [-0.2, -0.15) is 4.98 Å². The largest absolute Gasteiger partial charge is 0.352 e. The molecule has 0 unspecified atom stereocenters. The molecule has 3 heterocycles. The smallest absolute Gasteiger partial charge is 0.240 e. The van der Waals surface area contributed by atoms with Gasteiger partial charge in [0.05, 0.1) is 6.54 Å². The van der Waals surface area contributed by atoms with Crippen molar-refractivity contribution in [2.75, 3.05) is 31.1 Å². The van der Waals surface area contributed by atoms with Gasteiger partial charge in [-0.3, -0.25) is 4.90 Å². The maximum absolute atomic E-state index is 14.0. The molecule has 2 aromatic heterocycles. The van der Waals surface area contributed by atoms with Crippen molar-refractivity contribution in [3.63, 3.8) is 0 Å². The molecule has 0 bridgehead atoms. The summed E-state index contributed by atoms with van der Waals surface area (Å²) in [6, 6.07) is 1.45. The minimum Gasteiger partial charge on any atom is -0.352 e. The predicted octanol–water partition coefficient (Wildman–Crippen LogP) is 2.81. The summed E-state index contributed by atoms with van der Waals surface area (Å²) < 4.78 is 19.9. The van der Waals surface area contributed by atoms with Gasteiger partial charge in [-0.05, 0) is 22.0 Å². The second-order valence-corrected chi connectivity index (χ2v) is 6.84. The number of aromatic nitrogens is 3. The zero-order valence-electron chi connectivity index (χ0n) is 13.2. The normalized spacial score (nSPS) is 16.3. The molecule has 1 aliphatic heterocycles. The highest BCUT2D eigenvalue weighted by Gasteiger charge is 2.22. The van der Waals surface area contributed by atoms with E-state index < -0.39 is 0 Å². The Morgan fingerprint density at radius 1 is 1.30 bits per heavy atom. The number of pyridine rings is 1. The molecule has 0 spiro atoms. The number of hydrogen-bond donors (Lipinski definition) is 0. The molecule has 0 radical (unpaired) electrons. The predicted molar refractivity (Wildman–Crippen MR) is 87.8 cm³/mol. The van der Waals surface area contributed by atoms with Crippen LogP contribution in [0.5, 0.6) is 0 Å². The van der Waals surface area contributed by atoms with Crippen LogP contribution in [0.15, 0.2) is 21.3 Å². The molecule has 1 saturated heterocycles. The van der Waals surface area contributed by atoms with E-state index in [1.54, 1.807) is 6.20 Å². The standard InChI is InChI=1S/C15H19BrFN5O/c1-10(2)14-19-13(23-20-14)9-21-3-5-22(6-4-21)15-12(17)7-11(16)8-18-15/h7-8,10H,3-6,9H2,1-2H3.